The van der Waals surface area contributed by atoms with Crippen molar-refractivity contribution in [2.45, 2.75) is 45.1 Å². The van der Waals surface area contributed by atoms with E-state index in [1.165, 1.54) is 0 Å². The highest BCUT2D eigenvalue weighted by Crippen LogP contribution is 2.23. The van der Waals surface area contributed by atoms with Gasteiger partial charge in [-0.2, -0.15) is 0 Å². The number of aromatic nitrogens is 1. The van der Waals surface area contributed by atoms with Gasteiger partial charge in [0.25, 0.3) is 0 Å². The predicted molar refractivity (Wildman–Crippen MR) is 73.7 cm³/mol. The summed E-state index contributed by atoms with van der Waals surface area (Å²) in [5, 5.41) is 12.4. The van der Waals surface area contributed by atoms with E-state index in [1.807, 2.05) is 19.1 Å². The van der Waals surface area contributed by atoms with Crippen LogP contribution in [0.3, 0.4) is 0 Å². The van der Waals surface area contributed by atoms with Gasteiger partial charge in [0, 0.05) is 12.7 Å². The first-order valence-electron chi connectivity index (χ1n) is 7.00. The molecule has 4 heteroatoms. The van der Waals surface area contributed by atoms with Crippen molar-refractivity contribution in [3.63, 3.8) is 0 Å². The predicted octanol–water partition coefficient (Wildman–Crippen LogP) is 1.60. The minimum Gasteiger partial charge on any atom is -0.393 e. The van der Waals surface area contributed by atoms with Crippen LogP contribution < -0.4 is 5.32 Å². The lowest BCUT2D eigenvalue weighted by molar-refractivity contribution is -0.120. The number of carbonyl (C=O) groups excluding carboxylic acids is 1. The molecular formula is C15H22N2O2. The van der Waals surface area contributed by atoms with Crippen LogP contribution in [-0.2, 0) is 11.2 Å². The molecule has 0 saturated heterocycles. The number of hydrogen-bond donors (Lipinski definition) is 2. The van der Waals surface area contributed by atoms with E-state index in [1.54, 1.807) is 6.20 Å². The Balaban J connectivity index is 1.74. The van der Waals surface area contributed by atoms with Gasteiger partial charge < -0.3 is 10.4 Å². The summed E-state index contributed by atoms with van der Waals surface area (Å²) in [4.78, 5) is 16.1. The molecule has 1 amide bonds. The maximum Gasteiger partial charge on any atom is 0.226 e. The van der Waals surface area contributed by atoms with Crippen molar-refractivity contribution in [3.05, 3.63) is 29.6 Å². The normalized spacial score (nSPS) is 23.1. The van der Waals surface area contributed by atoms with Gasteiger partial charge in [-0.25, -0.2) is 0 Å². The Labute approximate surface area is 114 Å². The summed E-state index contributed by atoms with van der Waals surface area (Å²) in [7, 11) is 0. The molecule has 2 rings (SSSR count). The van der Waals surface area contributed by atoms with Crippen molar-refractivity contribution in [2.24, 2.45) is 5.92 Å². The first-order chi connectivity index (χ1) is 9.15. The zero-order chi connectivity index (χ0) is 13.7. The van der Waals surface area contributed by atoms with Crippen LogP contribution in [0.1, 0.15) is 36.9 Å². The van der Waals surface area contributed by atoms with Crippen LogP contribution >= 0.6 is 0 Å². The third-order valence-electron chi connectivity index (χ3n) is 3.85. The molecule has 1 aliphatic rings. The van der Waals surface area contributed by atoms with E-state index in [4.69, 9.17) is 0 Å². The van der Waals surface area contributed by atoms with Crippen molar-refractivity contribution >= 4 is 5.91 Å². The topological polar surface area (TPSA) is 62.2 Å². The number of aryl methyl sites for hydroxylation is 1. The highest BCUT2D eigenvalue weighted by atomic mass is 16.3. The molecule has 2 N–H and O–H groups in total. The molecular weight excluding hydrogens is 240 g/mol. The summed E-state index contributed by atoms with van der Waals surface area (Å²) >= 11 is 0. The summed E-state index contributed by atoms with van der Waals surface area (Å²) in [5.74, 6) is 0.546. The third kappa shape index (κ3) is 4.31. The van der Waals surface area contributed by atoms with Crippen molar-refractivity contribution in [3.8, 4) is 0 Å². The van der Waals surface area contributed by atoms with Gasteiger partial charge in [-0.15, -0.1) is 0 Å². The molecule has 1 aliphatic carbocycles. The van der Waals surface area contributed by atoms with Crippen molar-refractivity contribution in [1.29, 1.82) is 0 Å². The van der Waals surface area contributed by atoms with Gasteiger partial charge in [0.1, 0.15) is 0 Å². The van der Waals surface area contributed by atoms with E-state index in [-0.39, 0.29) is 12.0 Å². The van der Waals surface area contributed by atoms with Gasteiger partial charge >= 0.3 is 0 Å². The number of nitrogens with one attached hydrogen (secondary N) is 1. The third-order valence-corrected chi connectivity index (χ3v) is 3.85. The standard InChI is InChI=1S/C15H22N2O2/c1-11-3-2-8-16-14(11)9-15(19)17-10-12-4-6-13(18)7-5-12/h2-3,8,12-13,18H,4-7,9-10H2,1H3,(H,17,19). The number of aliphatic hydroxyl groups excluding tert-OH is 1. The number of amides is 1. The molecule has 1 aromatic rings. The average molecular weight is 262 g/mol. The molecule has 1 saturated carbocycles. The molecule has 104 valence electrons. The van der Waals surface area contributed by atoms with E-state index in [2.05, 4.69) is 10.3 Å². The Morgan fingerprint density at radius 1 is 1.42 bits per heavy atom. The fourth-order valence-corrected chi connectivity index (χ4v) is 2.53. The molecule has 0 spiro atoms. The Bertz CT molecular complexity index is 426. The highest BCUT2D eigenvalue weighted by Gasteiger charge is 2.19. The smallest absolute Gasteiger partial charge is 0.226 e. The molecule has 0 aromatic carbocycles. The molecule has 0 unspecified atom stereocenters. The molecule has 1 aromatic heterocycles. The fourth-order valence-electron chi connectivity index (χ4n) is 2.53. The Morgan fingerprint density at radius 3 is 2.84 bits per heavy atom. The highest BCUT2D eigenvalue weighted by molar-refractivity contribution is 5.78. The van der Waals surface area contributed by atoms with Crippen LogP contribution in [0.25, 0.3) is 0 Å². The maximum absolute atomic E-state index is 11.9. The monoisotopic (exact) mass is 262 g/mol. The van der Waals surface area contributed by atoms with Crippen LogP contribution in [0, 0.1) is 12.8 Å². The van der Waals surface area contributed by atoms with E-state index in [0.29, 0.717) is 12.3 Å². The molecule has 0 aliphatic heterocycles. The largest absolute Gasteiger partial charge is 0.393 e. The molecule has 0 atom stereocenters. The summed E-state index contributed by atoms with van der Waals surface area (Å²) in [6.45, 7) is 2.69. The van der Waals surface area contributed by atoms with Gasteiger partial charge in [-0.1, -0.05) is 6.07 Å². The Hall–Kier alpha value is -1.42. The second kappa shape index (κ2) is 6.66. The average Bonchev–Trinajstić information content (AvgIpc) is 2.41. The van der Waals surface area contributed by atoms with E-state index in [9.17, 15) is 9.90 Å². The minimum atomic E-state index is -0.136. The number of aliphatic hydroxyl groups is 1. The minimum absolute atomic E-state index is 0.0351. The van der Waals surface area contributed by atoms with Gasteiger partial charge in [-0.3, -0.25) is 9.78 Å². The van der Waals surface area contributed by atoms with E-state index < -0.39 is 0 Å². The van der Waals surface area contributed by atoms with E-state index >= 15 is 0 Å². The zero-order valence-corrected chi connectivity index (χ0v) is 11.4. The maximum atomic E-state index is 11.9. The number of hydrogen-bond acceptors (Lipinski definition) is 3. The fraction of sp³-hybridized carbons (Fsp3) is 0.600. The number of pyridine rings is 1. The van der Waals surface area contributed by atoms with Crippen LogP contribution in [0.15, 0.2) is 18.3 Å². The molecule has 0 radical (unpaired) electrons. The quantitative estimate of drug-likeness (QED) is 0.866. The second-order valence-corrected chi connectivity index (χ2v) is 5.42. The lowest BCUT2D eigenvalue weighted by Gasteiger charge is -2.25. The SMILES string of the molecule is Cc1cccnc1CC(=O)NCC1CCC(O)CC1. The van der Waals surface area contributed by atoms with Gasteiger partial charge in [0.05, 0.1) is 18.2 Å². The van der Waals surface area contributed by atoms with Crippen molar-refractivity contribution < 1.29 is 9.90 Å². The second-order valence-electron chi connectivity index (χ2n) is 5.42. The van der Waals surface area contributed by atoms with Crippen molar-refractivity contribution in [1.82, 2.24) is 10.3 Å². The summed E-state index contributed by atoms with van der Waals surface area (Å²) < 4.78 is 0. The summed E-state index contributed by atoms with van der Waals surface area (Å²) in [5.41, 5.74) is 1.90. The first kappa shape index (κ1) is 14.0. The first-order valence-corrected chi connectivity index (χ1v) is 7.00. The van der Waals surface area contributed by atoms with E-state index in [0.717, 1.165) is 43.5 Å². The van der Waals surface area contributed by atoms with Crippen LogP contribution in [0.2, 0.25) is 0 Å². The van der Waals surface area contributed by atoms with Crippen LogP contribution in [0.4, 0.5) is 0 Å². The van der Waals surface area contributed by atoms with Crippen LogP contribution in [0.5, 0.6) is 0 Å². The van der Waals surface area contributed by atoms with Gasteiger partial charge in [0.15, 0.2) is 0 Å². The number of carbonyl (C=O) groups is 1. The summed E-state index contributed by atoms with van der Waals surface area (Å²) in [6.07, 6.45) is 5.66. The lowest BCUT2D eigenvalue weighted by Crippen LogP contribution is -2.33. The number of nitrogens with zero attached hydrogens (tertiary/aromatic N) is 1. The van der Waals surface area contributed by atoms with Gasteiger partial charge in [-0.05, 0) is 50.2 Å². The molecule has 19 heavy (non-hydrogen) atoms. The Morgan fingerprint density at radius 2 is 2.16 bits per heavy atom. The van der Waals surface area contributed by atoms with Crippen LogP contribution in [-0.4, -0.2) is 28.6 Å². The number of rotatable bonds is 4. The molecule has 0 bridgehead atoms. The molecule has 1 fully saturated rings. The lowest BCUT2D eigenvalue weighted by atomic mass is 9.87. The molecule has 4 nitrogen and oxygen atoms in total. The Kier molecular flexibility index (Phi) is 4.91. The summed E-state index contributed by atoms with van der Waals surface area (Å²) in [6, 6.07) is 3.85. The molecule has 1 heterocycles. The van der Waals surface area contributed by atoms with Crippen molar-refractivity contribution in [2.75, 3.05) is 6.54 Å². The van der Waals surface area contributed by atoms with Gasteiger partial charge in [0.2, 0.25) is 5.91 Å². The zero-order valence-electron chi connectivity index (χ0n) is 11.4.